The van der Waals surface area contributed by atoms with Gasteiger partial charge in [-0.25, -0.2) is 0 Å². The maximum Gasteiger partial charge on any atom is 0.291 e. The van der Waals surface area contributed by atoms with Gasteiger partial charge in [0.05, 0.1) is 11.9 Å². The molecule has 2 heterocycles. The minimum absolute atomic E-state index is 0.243. The average Bonchev–Trinajstić information content (AvgIpc) is 3.19. The summed E-state index contributed by atoms with van der Waals surface area (Å²) >= 11 is 0. The summed E-state index contributed by atoms with van der Waals surface area (Å²) in [6.07, 6.45) is 8.60. The van der Waals surface area contributed by atoms with Crippen molar-refractivity contribution in [2.45, 2.75) is 32.4 Å². The summed E-state index contributed by atoms with van der Waals surface area (Å²) in [6.45, 7) is 4.93. The standard InChI is InChI=1S/C22H23N3O3/c1-2-5-17-6-3-4-7-20(17)27-15-19-10-11-21(28-19)22(26)24-18-12-23-25(14-18)13-16-8-9-16/h2-4,6-7,10-12,14,16H,1,5,8-9,13,15H2,(H,24,26). The molecule has 4 rings (SSSR count). The molecule has 6 nitrogen and oxygen atoms in total. The van der Waals surface area contributed by atoms with E-state index in [0.29, 0.717) is 11.4 Å². The number of nitrogens with zero attached hydrogens (tertiary/aromatic N) is 2. The highest BCUT2D eigenvalue weighted by atomic mass is 16.5. The number of benzene rings is 1. The van der Waals surface area contributed by atoms with Crippen LogP contribution in [0, 0.1) is 5.92 Å². The third-order valence-corrected chi connectivity index (χ3v) is 4.63. The summed E-state index contributed by atoms with van der Waals surface area (Å²) in [5, 5.41) is 7.10. The smallest absolute Gasteiger partial charge is 0.291 e. The maximum absolute atomic E-state index is 12.4. The summed E-state index contributed by atoms with van der Waals surface area (Å²) in [7, 11) is 0. The molecule has 1 N–H and O–H groups in total. The zero-order valence-corrected chi connectivity index (χ0v) is 15.6. The molecule has 0 spiro atoms. The largest absolute Gasteiger partial charge is 0.485 e. The van der Waals surface area contributed by atoms with Crippen LogP contribution in [0.25, 0.3) is 0 Å². The lowest BCUT2D eigenvalue weighted by Gasteiger charge is -2.08. The summed E-state index contributed by atoms with van der Waals surface area (Å²) in [6, 6.07) is 11.2. The molecule has 0 aliphatic heterocycles. The zero-order chi connectivity index (χ0) is 19.3. The summed E-state index contributed by atoms with van der Waals surface area (Å²) in [5.74, 6) is 2.04. The molecule has 144 valence electrons. The lowest BCUT2D eigenvalue weighted by atomic mass is 10.1. The van der Waals surface area contributed by atoms with Gasteiger partial charge >= 0.3 is 0 Å². The number of ether oxygens (including phenoxy) is 1. The minimum atomic E-state index is -0.302. The zero-order valence-electron chi connectivity index (χ0n) is 15.6. The number of anilines is 1. The topological polar surface area (TPSA) is 69.3 Å². The highest BCUT2D eigenvalue weighted by Crippen LogP contribution is 2.30. The van der Waals surface area contributed by atoms with Gasteiger partial charge in [0.15, 0.2) is 5.76 Å². The monoisotopic (exact) mass is 377 g/mol. The average molecular weight is 377 g/mol. The van der Waals surface area contributed by atoms with Crippen LogP contribution in [0.2, 0.25) is 0 Å². The Morgan fingerprint density at radius 2 is 2.18 bits per heavy atom. The molecule has 0 unspecified atom stereocenters. The van der Waals surface area contributed by atoms with E-state index in [9.17, 15) is 4.79 Å². The third-order valence-electron chi connectivity index (χ3n) is 4.63. The molecule has 0 bridgehead atoms. The second kappa shape index (κ2) is 8.17. The summed E-state index contributed by atoms with van der Waals surface area (Å²) in [4.78, 5) is 12.4. The molecule has 1 aliphatic rings. The van der Waals surface area contributed by atoms with E-state index in [2.05, 4.69) is 17.0 Å². The molecule has 0 saturated heterocycles. The highest BCUT2D eigenvalue weighted by Gasteiger charge is 2.22. The van der Waals surface area contributed by atoms with Gasteiger partial charge in [0, 0.05) is 12.7 Å². The van der Waals surface area contributed by atoms with Crippen LogP contribution in [0.4, 0.5) is 5.69 Å². The van der Waals surface area contributed by atoms with Gasteiger partial charge < -0.3 is 14.5 Å². The van der Waals surface area contributed by atoms with Crippen LogP contribution in [0.3, 0.4) is 0 Å². The van der Waals surface area contributed by atoms with Crippen molar-refractivity contribution in [1.82, 2.24) is 9.78 Å². The number of furan rings is 1. The molecule has 6 heteroatoms. The molecule has 1 aliphatic carbocycles. The van der Waals surface area contributed by atoms with Crippen molar-refractivity contribution in [3.8, 4) is 5.75 Å². The molecule has 2 aromatic heterocycles. The van der Waals surface area contributed by atoms with Crippen molar-refractivity contribution in [2.75, 3.05) is 5.32 Å². The second-order valence-electron chi connectivity index (χ2n) is 7.00. The Morgan fingerprint density at radius 1 is 1.32 bits per heavy atom. The predicted octanol–water partition coefficient (Wildman–Crippen LogP) is 4.45. The number of hydrogen-bond acceptors (Lipinski definition) is 4. The maximum atomic E-state index is 12.4. The number of rotatable bonds is 9. The number of amides is 1. The lowest BCUT2D eigenvalue weighted by Crippen LogP contribution is -2.10. The Labute approximate surface area is 163 Å². The Kier molecular flexibility index (Phi) is 5.28. The lowest BCUT2D eigenvalue weighted by molar-refractivity contribution is 0.0992. The van der Waals surface area contributed by atoms with E-state index in [0.717, 1.165) is 30.2 Å². The Bertz CT molecular complexity index is 969. The van der Waals surface area contributed by atoms with Gasteiger partial charge in [0.25, 0.3) is 5.91 Å². The molecule has 1 amide bonds. The molecule has 1 saturated carbocycles. The normalized spacial score (nSPS) is 13.3. The Balaban J connectivity index is 1.34. The third kappa shape index (κ3) is 4.52. The van der Waals surface area contributed by atoms with E-state index in [1.165, 1.54) is 12.8 Å². The van der Waals surface area contributed by atoms with Gasteiger partial charge in [-0.1, -0.05) is 24.3 Å². The number of carbonyl (C=O) groups is 1. The fraction of sp³-hybridized carbons (Fsp3) is 0.273. The van der Waals surface area contributed by atoms with Crippen LogP contribution in [0.1, 0.15) is 34.7 Å². The number of aromatic nitrogens is 2. The van der Waals surface area contributed by atoms with E-state index < -0.39 is 0 Å². The molecular weight excluding hydrogens is 354 g/mol. The molecule has 1 aromatic carbocycles. The van der Waals surface area contributed by atoms with Crippen LogP contribution in [0.15, 0.2) is 65.9 Å². The van der Waals surface area contributed by atoms with Gasteiger partial charge in [-0.15, -0.1) is 6.58 Å². The molecule has 1 fully saturated rings. The molecule has 3 aromatic rings. The Hall–Kier alpha value is -3.28. The molecule has 0 atom stereocenters. The minimum Gasteiger partial charge on any atom is -0.485 e. The van der Waals surface area contributed by atoms with E-state index in [1.54, 1.807) is 18.3 Å². The van der Waals surface area contributed by atoms with Crippen molar-refractivity contribution in [3.63, 3.8) is 0 Å². The first kappa shape index (κ1) is 18.1. The van der Waals surface area contributed by atoms with Crippen molar-refractivity contribution in [3.05, 3.63) is 78.5 Å². The molecular formula is C22H23N3O3. The number of allylic oxidation sites excluding steroid dienone is 1. The highest BCUT2D eigenvalue weighted by molar-refractivity contribution is 6.02. The number of para-hydroxylation sites is 1. The molecule has 28 heavy (non-hydrogen) atoms. The SMILES string of the molecule is C=CCc1ccccc1OCc1ccc(C(=O)Nc2cnn(CC3CC3)c2)o1. The van der Waals surface area contributed by atoms with Gasteiger partial charge in [0.1, 0.15) is 18.1 Å². The summed E-state index contributed by atoms with van der Waals surface area (Å²) in [5.41, 5.74) is 1.73. The van der Waals surface area contributed by atoms with E-state index in [-0.39, 0.29) is 18.3 Å². The van der Waals surface area contributed by atoms with Crippen molar-refractivity contribution in [1.29, 1.82) is 0 Å². The Morgan fingerprint density at radius 3 is 3.00 bits per heavy atom. The van der Waals surface area contributed by atoms with Crippen molar-refractivity contribution >= 4 is 11.6 Å². The fourth-order valence-corrected chi connectivity index (χ4v) is 2.98. The van der Waals surface area contributed by atoms with Gasteiger partial charge in [-0.2, -0.15) is 5.10 Å². The van der Waals surface area contributed by atoms with Crippen LogP contribution >= 0.6 is 0 Å². The predicted molar refractivity (Wildman–Crippen MR) is 106 cm³/mol. The second-order valence-corrected chi connectivity index (χ2v) is 7.00. The quantitative estimate of drug-likeness (QED) is 0.560. The van der Waals surface area contributed by atoms with Crippen molar-refractivity contribution < 1.29 is 13.9 Å². The van der Waals surface area contributed by atoms with Crippen LogP contribution in [0.5, 0.6) is 5.75 Å². The first-order valence-corrected chi connectivity index (χ1v) is 9.45. The van der Waals surface area contributed by atoms with Crippen LogP contribution < -0.4 is 10.1 Å². The van der Waals surface area contributed by atoms with Crippen LogP contribution in [-0.2, 0) is 19.6 Å². The van der Waals surface area contributed by atoms with Crippen LogP contribution in [-0.4, -0.2) is 15.7 Å². The van der Waals surface area contributed by atoms with Crippen molar-refractivity contribution in [2.24, 2.45) is 5.92 Å². The number of hydrogen-bond donors (Lipinski definition) is 1. The first-order chi connectivity index (χ1) is 13.7. The number of nitrogens with one attached hydrogen (secondary N) is 1. The number of carbonyl (C=O) groups excluding carboxylic acids is 1. The summed E-state index contributed by atoms with van der Waals surface area (Å²) < 4.78 is 13.4. The van der Waals surface area contributed by atoms with Gasteiger partial charge in [-0.3, -0.25) is 9.48 Å². The molecule has 0 radical (unpaired) electrons. The fourth-order valence-electron chi connectivity index (χ4n) is 2.98. The first-order valence-electron chi connectivity index (χ1n) is 9.45. The van der Waals surface area contributed by atoms with E-state index in [4.69, 9.17) is 9.15 Å². The van der Waals surface area contributed by atoms with E-state index >= 15 is 0 Å². The van der Waals surface area contributed by atoms with Gasteiger partial charge in [0.2, 0.25) is 0 Å². The van der Waals surface area contributed by atoms with Gasteiger partial charge in [-0.05, 0) is 48.9 Å². The van der Waals surface area contributed by atoms with E-state index in [1.807, 2.05) is 41.2 Å².